The third kappa shape index (κ3) is 4.89. The Morgan fingerprint density at radius 3 is 2.60 bits per heavy atom. The predicted molar refractivity (Wildman–Crippen MR) is 90.9 cm³/mol. The molecule has 0 saturated heterocycles. The Morgan fingerprint density at radius 1 is 1.40 bits per heavy atom. The number of rotatable bonds is 2. The average Bonchev–Trinajstić information content (AvgIpc) is 2.85. The number of hydrogen-bond donors (Lipinski definition) is 3. The molecule has 3 N–H and O–H groups in total. The quantitative estimate of drug-likeness (QED) is 0.712. The van der Waals surface area contributed by atoms with Gasteiger partial charge < -0.3 is 15.4 Å². The molecule has 0 fully saturated rings. The van der Waals surface area contributed by atoms with E-state index in [0.29, 0.717) is 12.0 Å². The van der Waals surface area contributed by atoms with Crippen LogP contribution in [0.4, 0.5) is 13.2 Å². The van der Waals surface area contributed by atoms with Crippen LogP contribution in [0.15, 0.2) is 18.2 Å². The first-order chi connectivity index (χ1) is 11.6. The van der Waals surface area contributed by atoms with E-state index in [1.165, 1.54) is 28.6 Å². The first-order valence-corrected chi connectivity index (χ1v) is 8.31. The second kappa shape index (κ2) is 7.66. The number of alkyl halides is 3. The number of aromatic nitrogens is 1. The molecular weight excluding hydrogens is 357 g/mol. The fourth-order valence-corrected chi connectivity index (χ4v) is 3.13. The van der Waals surface area contributed by atoms with Gasteiger partial charge in [0.15, 0.2) is 0 Å². The number of carbonyl (C=O) groups is 1. The normalized spacial score (nSPS) is 17.2. The Balaban J connectivity index is 0.000000277. The molecule has 1 aliphatic heterocycles. The van der Waals surface area contributed by atoms with Gasteiger partial charge in [0, 0.05) is 27.7 Å². The molecule has 0 amide bonds. The van der Waals surface area contributed by atoms with Gasteiger partial charge in [0.25, 0.3) is 0 Å². The first kappa shape index (κ1) is 19.6. The monoisotopic (exact) mass is 376 g/mol. The lowest BCUT2D eigenvalue weighted by Crippen LogP contribution is -2.30. The number of halogens is 4. The number of aliphatic carboxylic acids is 1. The number of aromatic amines is 1. The summed E-state index contributed by atoms with van der Waals surface area (Å²) in [6, 6.07) is 6.59. The van der Waals surface area contributed by atoms with E-state index in [4.69, 9.17) is 21.5 Å². The van der Waals surface area contributed by atoms with Crippen molar-refractivity contribution >= 4 is 28.5 Å². The number of fused-ring (bicyclic) bond motifs is 3. The van der Waals surface area contributed by atoms with Crippen LogP contribution < -0.4 is 5.32 Å². The Bertz CT molecular complexity index is 756. The zero-order valence-electron chi connectivity index (χ0n) is 13.9. The Labute approximate surface area is 148 Å². The highest BCUT2D eigenvalue weighted by Crippen LogP contribution is 2.34. The second-order valence-corrected chi connectivity index (χ2v) is 6.83. The summed E-state index contributed by atoms with van der Waals surface area (Å²) in [5.74, 6) is -2.06. The zero-order valence-corrected chi connectivity index (χ0v) is 14.6. The van der Waals surface area contributed by atoms with Crippen molar-refractivity contribution < 1.29 is 23.1 Å². The van der Waals surface area contributed by atoms with Gasteiger partial charge in [-0.25, -0.2) is 4.79 Å². The molecule has 1 unspecified atom stereocenters. The first-order valence-electron chi connectivity index (χ1n) is 7.93. The molecule has 1 atom stereocenters. The standard InChI is InChI=1S/C15H19ClN2.C2HF3O2/c1-9(2)7-14-15-11(5-6-17-14)12-8-10(16)3-4-13(12)18-15;3-2(4,5)1(6)7/h3-4,8-9,14,17-18H,5-7H2,1-2H3;(H,6,7). The summed E-state index contributed by atoms with van der Waals surface area (Å²) in [5, 5.41) is 12.9. The van der Waals surface area contributed by atoms with Crippen LogP contribution in [0.25, 0.3) is 10.9 Å². The lowest BCUT2D eigenvalue weighted by atomic mass is 9.93. The largest absolute Gasteiger partial charge is 0.490 e. The smallest absolute Gasteiger partial charge is 0.475 e. The predicted octanol–water partition coefficient (Wildman–Crippen LogP) is 4.69. The minimum absolute atomic E-state index is 0.458. The lowest BCUT2D eigenvalue weighted by molar-refractivity contribution is -0.192. The van der Waals surface area contributed by atoms with E-state index < -0.39 is 12.1 Å². The van der Waals surface area contributed by atoms with Crippen molar-refractivity contribution in [3.63, 3.8) is 0 Å². The van der Waals surface area contributed by atoms with E-state index in [2.05, 4.69) is 36.3 Å². The molecule has 0 bridgehead atoms. The fourth-order valence-electron chi connectivity index (χ4n) is 2.95. The number of carboxylic acids is 1. The van der Waals surface area contributed by atoms with Crippen molar-refractivity contribution in [2.24, 2.45) is 5.92 Å². The summed E-state index contributed by atoms with van der Waals surface area (Å²) in [4.78, 5) is 12.5. The summed E-state index contributed by atoms with van der Waals surface area (Å²) in [6.07, 6.45) is -2.82. The number of H-pyrrole nitrogens is 1. The van der Waals surface area contributed by atoms with E-state index in [0.717, 1.165) is 18.0 Å². The van der Waals surface area contributed by atoms with E-state index in [9.17, 15) is 13.2 Å². The summed E-state index contributed by atoms with van der Waals surface area (Å²) in [7, 11) is 0. The highest BCUT2D eigenvalue weighted by atomic mass is 35.5. The highest BCUT2D eigenvalue weighted by Gasteiger charge is 2.38. The van der Waals surface area contributed by atoms with Gasteiger partial charge >= 0.3 is 12.1 Å². The van der Waals surface area contributed by atoms with Crippen LogP contribution >= 0.6 is 11.6 Å². The van der Waals surface area contributed by atoms with E-state index in [-0.39, 0.29) is 0 Å². The Kier molecular flexibility index (Phi) is 6.00. The minimum atomic E-state index is -5.08. The van der Waals surface area contributed by atoms with Crippen molar-refractivity contribution in [2.45, 2.75) is 38.9 Å². The summed E-state index contributed by atoms with van der Waals surface area (Å²) in [6.45, 7) is 5.61. The van der Waals surface area contributed by atoms with Gasteiger partial charge in [-0.15, -0.1) is 0 Å². The molecule has 138 valence electrons. The van der Waals surface area contributed by atoms with Gasteiger partial charge in [-0.3, -0.25) is 0 Å². The maximum absolute atomic E-state index is 10.6. The molecule has 8 heteroatoms. The van der Waals surface area contributed by atoms with Gasteiger partial charge in [-0.05, 0) is 49.1 Å². The molecule has 25 heavy (non-hydrogen) atoms. The fraction of sp³-hybridized carbons (Fsp3) is 0.471. The van der Waals surface area contributed by atoms with Crippen LogP contribution in [0, 0.1) is 5.92 Å². The Morgan fingerprint density at radius 2 is 2.04 bits per heavy atom. The highest BCUT2D eigenvalue weighted by molar-refractivity contribution is 6.31. The molecule has 0 saturated carbocycles. The summed E-state index contributed by atoms with van der Waals surface area (Å²) in [5.41, 5.74) is 4.03. The van der Waals surface area contributed by atoms with Gasteiger partial charge in [0.1, 0.15) is 0 Å². The number of carboxylic acid groups (broad SMARTS) is 1. The molecule has 1 aliphatic rings. The van der Waals surface area contributed by atoms with Crippen LogP contribution in [0.1, 0.15) is 37.6 Å². The number of nitrogens with one attached hydrogen (secondary N) is 2. The minimum Gasteiger partial charge on any atom is -0.475 e. The summed E-state index contributed by atoms with van der Waals surface area (Å²) < 4.78 is 31.7. The number of hydrogen-bond acceptors (Lipinski definition) is 2. The zero-order chi connectivity index (χ0) is 18.8. The Hall–Kier alpha value is -1.73. The SMILES string of the molecule is CC(C)CC1NCCc2c1[nH]c1ccc(Cl)cc21.O=C(O)C(F)(F)F. The molecule has 1 aromatic heterocycles. The van der Waals surface area contributed by atoms with Crippen LogP contribution in [0.3, 0.4) is 0 Å². The molecule has 0 aliphatic carbocycles. The van der Waals surface area contributed by atoms with Crippen molar-refractivity contribution in [2.75, 3.05) is 6.54 Å². The third-order valence-corrected chi connectivity index (χ3v) is 4.20. The molecular formula is C17H20ClF3N2O2. The van der Waals surface area contributed by atoms with Gasteiger partial charge in [-0.1, -0.05) is 25.4 Å². The third-order valence-electron chi connectivity index (χ3n) is 3.96. The van der Waals surface area contributed by atoms with Crippen LogP contribution in [-0.2, 0) is 11.2 Å². The van der Waals surface area contributed by atoms with Crippen molar-refractivity contribution in [3.8, 4) is 0 Å². The molecule has 2 heterocycles. The van der Waals surface area contributed by atoms with E-state index in [1.54, 1.807) is 0 Å². The van der Waals surface area contributed by atoms with Crippen molar-refractivity contribution in [3.05, 3.63) is 34.5 Å². The van der Waals surface area contributed by atoms with E-state index >= 15 is 0 Å². The van der Waals surface area contributed by atoms with Crippen LogP contribution in [-0.4, -0.2) is 28.8 Å². The van der Waals surface area contributed by atoms with Gasteiger partial charge in [0.2, 0.25) is 0 Å². The maximum Gasteiger partial charge on any atom is 0.490 e. The van der Waals surface area contributed by atoms with Gasteiger partial charge in [0.05, 0.1) is 0 Å². The van der Waals surface area contributed by atoms with Gasteiger partial charge in [-0.2, -0.15) is 13.2 Å². The van der Waals surface area contributed by atoms with E-state index in [1.807, 2.05) is 6.07 Å². The summed E-state index contributed by atoms with van der Waals surface area (Å²) >= 11 is 6.11. The van der Waals surface area contributed by atoms with Crippen LogP contribution in [0.5, 0.6) is 0 Å². The molecule has 0 radical (unpaired) electrons. The number of benzene rings is 1. The maximum atomic E-state index is 10.6. The molecule has 4 nitrogen and oxygen atoms in total. The molecule has 2 aromatic rings. The van der Waals surface area contributed by atoms with Crippen molar-refractivity contribution in [1.29, 1.82) is 0 Å². The molecule has 3 rings (SSSR count). The van der Waals surface area contributed by atoms with Crippen LogP contribution in [0.2, 0.25) is 5.02 Å². The average molecular weight is 377 g/mol. The topological polar surface area (TPSA) is 65.1 Å². The lowest BCUT2D eigenvalue weighted by Gasteiger charge is -2.25. The molecule has 0 spiro atoms. The molecule has 1 aromatic carbocycles. The van der Waals surface area contributed by atoms with Crippen molar-refractivity contribution in [1.82, 2.24) is 10.3 Å². The second-order valence-electron chi connectivity index (χ2n) is 6.40.